The van der Waals surface area contributed by atoms with Gasteiger partial charge in [-0.05, 0) is 43.7 Å². The number of sulfone groups is 1. The van der Waals surface area contributed by atoms with Crippen molar-refractivity contribution in [1.29, 1.82) is 0 Å². The molecule has 8 heteroatoms. The van der Waals surface area contributed by atoms with E-state index in [0.29, 0.717) is 23.2 Å². The average Bonchev–Trinajstić information content (AvgIpc) is 2.94. The summed E-state index contributed by atoms with van der Waals surface area (Å²) in [7, 11) is -3.05. The number of hydrogen-bond donors (Lipinski definition) is 2. The van der Waals surface area contributed by atoms with E-state index < -0.39 is 9.84 Å². The molecule has 0 radical (unpaired) electrons. The second kappa shape index (κ2) is 7.25. The summed E-state index contributed by atoms with van der Waals surface area (Å²) in [6.07, 6.45) is 3.44. The molecule has 0 bridgehead atoms. The van der Waals surface area contributed by atoms with Crippen LogP contribution in [0.15, 0.2) is 42.7 Å². The number of carbonyl (C=O) groups excluding carboxylic acids is 2. The second-order valence-corrected chi connectivity index (χ2v) is 8.52. The predicted octanol–water partition coefficient (Wildman–Crippen LogP) is 1.94. The number of amides is 1. The van der Waals surface area contributed by atoms with Crippen LogP contribution in [0.1, 0.15) is 34.1 Å². The van der Waals surface area contributed by atoms with Crippen LogP contribution in [0.3, 0.4) is 0 Å². The first kappa shape index (κ1) is 18.1. The lowest BCUT2D eigenvalue weighted by Gasteiger charge is -2.12. The van der Waals surface area contributed by atoms with Gasteiger partial charge in [0.1, 0.15) is 0 Å². The zero-order valence-electron chi connectivity index (χ0n) is 14.2. The van der Waals surface area contributed by atoms with Crippen LogP contribution in [0.5, 0.6) is 0 Å². The van der Waals surface area contributed by atoms with E-state index in [1.54, 1.807) is 36.5 Å². The molecule has 3 rings (SSSR count). The number of Topliss-reactive ketones (excluding diaryl/α,β-unsaturated/α-hetero) is 1. The fraction of sp³-hybridized carbons (Fsp3) is 0.278. The molecule has 0 spiro atoms. The molecule has 0 aliphatic carbocycles. The van der Waals surface area contributed by atoms with Crippen molar-refractivity contribution >= 4 is 32.9 Å². The Morgan fingerprint density at radius 2 is 1.81 bits per heavy atom. The number of pyridine rings is 1. The quantitative estimate of drug-likeness (QED) is 0.776. The van der Waals surface area contributed by atoms with Gasteiger partial charge in [-0.15, -0.1) is 0 Å². The average molecular weight is 373 g/mol. The summed E-state index contributed by atoms with van der Waals surface area (Å²) in [6.45, 7) is 1.50. The van der Waals surface area contributed by atoms with E-state index in [0.717, 1.165) is 5.69 Å². The molecule has 1 fully saturated rings. The number of nitrogens with zero attached hydrogens (tertiary/aromatic N) is 1. The van der Waals surface area contributed by atoms with E-state index in [-0.39, 0.29) is 29.2 Å². The lowest BCUT2D eigenvalue weighted by Crippen LogP contribution is -2.35. The minimum atomic E-state index is -3.05. The molecule has 1 aromatic heterocycles. The Balaban J connectivity index is 1.67. The zero-order valence-corrected chi connectivity index (χ0v) is 15.0. The lowest BCUT2D eigenvalue weighted by molar-refractivity contribution is 0.0940. The molecule has 1 aliphatic rings. The van der Waals surface area contributed by atoms with E-state index in [1.165, 1.54) is 13.1 Å². The van der Waals surface area contributed by atoms with Gasteiger partial charge in [-0.25, -0.2) is 8.42 Å². The third-order valence-electron chi connectivity index (χ3n) is 4.15. The monoisotopic (exact) mass is 373 g/mol. The third kappa shape index (κ3) is 4.45. The number of aromatic nitrogens is 1. The Morgan fingerprint density at radius 1 is 1.08 bits per heavy atom. The highest BCUT2D eigenvalue weighted by Gasteiger charge is 2.29. The normalized spacial score (nSPS) is 18.3. The topological polar surface area (TPSA) is 105 Å². The van der Waals surface area contributed by atoms with Crippen LogP contribution in [0, 0.1) is 0 Å². The van der Waals surface area contributed by atoms with Crippen LogP contribution in [0.4, 0.5) is 11.4 Å². The Bertz CT molecular complexity index is 939. The molecule has 0 saturated carbocycles. The van der Waals surface area contributed by atoms with Gasteiger partial charge >= 0.3 is 0 Å². The minimum Gasteiger partial charge on any atom is -0.354 e. The smallest absolute Gasteiger partial charge is 0.253 e. The number of rotatable bonds is 5. The van der Waals surface area contributed by atoms with Gasteiger partial charge in [-0.2, -0.15) is 0 Å². The molecule has 1 aromatic carbocycles. The molecule has 1 unspecified atom stereocenters. The van der Waals surface area contributed by atoms with Gasteiger partial charge in [0.2, 0.25) is 0 Å². The van der Waals surface area contributed by atoms with Crippen molar-refractivity contribution in [1.82, 2.24) is 10.3 Å². The van der Waals surface area contributed by atoms with Crippen molar-refractivity contribution in [3.8, 4) is 0 Å². The molecule has 136 valence electrons. The standard InChI is InChI=1S/C18H19N3O4S/c1-12(22)13-2-4-15(5-3-13)20-17-8-14(9-19-10-17)18(23)21-16-6-7-26(24,25)11-16/h2-5,8-10,16,20H,6-7,11H2,1H3,(H,21,23). The van der Waals surface area contributed by atoms with Crippen LogP contribution < -0.4 is 10.6 Å². The van der Waals surface area contributed by atoms with E-state index >= 15 is 0 Å². The molecule has 2 aromatic rings. The largest absolute Gasteiger partial charge is 0.354 e. The Kier molecular flexibility index (Phi) is 5.03. The van der Waals surface area contributed by atoms with Crippen LogP contribution in [-0.4, -0.2) is 42.6 Å². The Hall–Kier alpha value is -2.74. The summed E-state index contributed by atoms with van der Waals surface area (Å²) in [5.41, 5.74) is 2.34. The number of ketones is 1. The predicted molar refractivity (Wildman–Crippen MR) is 98.5 cm³/mol. The molecule has 1 atom stereocenters. The van der Waals surface area contributed by atoms with Crippen LogP contribution >= 0.6 is 0 Å². The van der Waals surface area contributed by atoms with E-state index in [9.17, 15) is 18.0 Å². The summed E-state index contributed by atoms with van der Waals surface area (Å²) < 4.78 is 23.0. The van der Waals surface area contributed by atoms with Crippen molar-refractivity contribution in [2.45, 2.75) is 19.4 Å². The van der Waals surface area contributed by atoms with Crippen molar-refractivity contribution in [3.63, 3.8) is 0 Å². The lowest BCUT2D eigenvalue weighted by atomic mass is 10.1. The van der Waals surface area contributed by atoms with E-state index in [2.05, 4.69) is 15.6 Å². The van der Waals surface area contributed by atoms with Crippen molar-refractivity contribution in [2.75, 3.05) is 16.8 Å². The van der Waals surface area contributed by atoms with Gasteiger partial charge < -0.3 is 10.6 Å². The number of nitrogens with one attached hydrogen (secondary N) is 2. The second-order valence-electron chi connectivity index (χ2n) is 6.29. The summed E-state index contributed by atoms with van der Waals surface area (Å²) >= 11 is 0. The first-order chi connectivity index (χ1) is 12.3. The van der Waals surface area contributed by atoms with Crippen LogP contribution in [0.25, 0.3) is 0 Å². The maximum Gasteiger partial charge on any atom is 0.253 e. The molecule has 1 amide bonds. The molecular weight excluding hydrogens is 354 g/mol. The highest BCUT2D eigenvalue weighted by Crippen LogP contribution is 2.18. The third-order valence-corrected chi connectivity index (χ3v) is 5.92. The molecule has 7 nitrogen and oxygen atoms in total. The Labute approximate surface area is 151 Å². The minimum absolute atomic E-state index is 0.00851. The van der Waals surface area contributed by atoms with Crippen molar-refractivity contribution < 1.29 is 18.0 Å². The molecule has 2 N–H and O–H groups in total. The number of anilines is 2. The number of hydrogen-bond acceptors (Lipinski definition) is 6. The summed E-state index contributed by atoms with van der Waals surface area (Å²) in [4.78, 5) is 27.7. The van der Waals surface area contributed by atoms with Gasteiger partial charge in [-0.1, -0.05) is 0 Å². The molecule has 26 heavy (non-hydrogen) atoms. The van der Waals surface area contributed by atoms with Crippen LogP contribution in [-0.2, 0) is 9.84 Å². The molecule has 2 heterocycles. The molecule has 1 aliphatic heterocycles. The van der Waals surface area contributed by atoms with E-state index in [1.807, 2.05) is 0 Å². The van der Waals surface area contributed by atoms with Crippen LogP contribution in [0.2, 0.25) is 0 Å². The van der Waals surface area contributed by atoms with Gasteiger partial charge in [0.15, 0.2) is 15.6 Å². The first-order valence-corrected chi connectivity index (χ1v) is 9.99. The summed E-state index contributed by atoms with van der Waals surface area (Å²) in [6, 6.07) is 8.26. The summed E-state index contributed by atoms with van der Waals surface area (Å²) in [5.74, 6) is -0.276. The number of carbonyl (C=O) groups is 2. The first-order valence-electron chi connectivity index (χ1n) is 8.17. The SMILES string of the molecule is CC(=O)c1ccc(Nc2cncc(C(=O)NC3CCS(=O)(=O)C3)c2)cc1. The number of benzene rings is 1. The van der Waals surface area contributed by atoms with Crippen molar-refractivity contribution in [2.24, 2.45) is 0 Å². The fourth-order valence-electron chi connectivity index (χ4n) is 2.76. The molecule has 1 saturated heterocycles. The highest BCUT2D eigenvalue weighted by molar-refractivity contribution is 7.91. The fourth-order valence-corrected chi connectivity index (χ4v) is 4.44. The van der Waals surface area contributed by atoms with Crippen molar-refractivity contribution in [3.05, 3.63) is 53.9 Å². The molecular formula is C18H19N3O4S. The van der Waals surface area contributed by atoms with Gasteiger partial charge in [0.05, 0.1) is 29.0 Å². The van der Waals surface area contributed by atoms with Gasteiger partial charge in [0.25, 0.3) is 5.91 Å². The highest BCUT2D eigenvalue weighted by atomic mass is 32.2. The zero-order chi connectivity index (χ0) is 18.7. The van der Waals surface area contributed by atoms with Gasteiger partial charge in [-0.3, -0.25) is 14.6 Å². The summed E-state index contributed by atoms with van der Waals surface area (Å²) in [5, 5.41) is 5.86. The maximum absolute atomic E-state index is 12.3. The van der Waals surface area contributed by atoms with Gasteiger partial charge in [0, 0.05) is 23.5 Å². The Morgan fingerprint density at radius 3 is 2.42 bits per heavy atom. The van der Waals surface area contributed by atoms with E-state index in [4.69, 9.17) is 0 Å². The maximum atomic E-state index is 12.3.